The van der Waals surface area contributed by atoms with Gasteiger partial charge in [-0.25, -0.2) is 4.99 Å². The molecule has 2 rings (SSSR count). The highest BCUT2D eigenvalue weighted by molar-refractivity contribution is 14.0. The second-order valence-electron chi connectivity index (χ2n) is 6.37. The third-order valence-corrected chi connectivity index (χ3v) is 4.32. The first kappa shape index (κ1) is 23.9. The van der Waals surface area contributed by atoms with Gasteiger partial charge in [-0.15, -0.1) is 24.0 Å². The zero-order chi connectivity index (χ0) is 19.5. The summed E-state index contributed by atoms with van der Waals surface area (Å²) in [5.74, 6) is 0.670. The predicted octanol–water partition coefficient (Wildman–Crippen LogP) is 3.97. The van der Waals surface area contributed by atoms with Gasteiger partial charge in [0, 0.05) is 19.6 Å². The van der Waals surface area contributed by atoms with Crippen LogP contribution in [0.5, 0.6) is 0 Å². The molecule has 1 unspecified atom stereocenters. The third-order valence-electron chi connectivity index (χ3n) is 4.32. The van der Waals surface area contributed by atoms with E-state index in [9.17, 15) is 4.79 Å². The Hall–Kier alpha value is -2.09. The zero-order valence-electron chi connectivity index (χ0n) is 16.9. The average molecular weight is 494 g/mol. The smallest absolute Gasteiger partial charge is 0.244 e. The normalized spacial score (nSPS) is 11.9. The molecule has 0 heterocycles. The lowest BCUT2D eigenvalue weighted by molar-refractivity contribution is -0.130. The molecule has 5 nitrogen and oxygen atoms in total. The molecule has 152 valence electrons. The van der Waals surface area contributed by atoms with Crippen molar-refractivity contribution in [1.29, 1.82) is 0 Å². The molecule has 6 heteroatoms. The van der Waals surface area contributed by atoms with Crippen LogP contribution in [0.2, 0.25) is 0 Å². The van der Waals surface area contributed by atoms with Crippen molar-refractivity contribution >= 4 is 35.8 Å². The first-order valence-electron chi connectivity index (χ1n) is 9.55. The maximum Gasteiger partial charge on any atom is 0.244 e. The molecule has 0 aliphatic carbocycles. The van der Waals surface area contributed by atoms with Crippen LogP contribution >= 0.6 is 24.0 Å². The Morgan fingerprint density at radius 1 is 1.04 bits per heavy atom. The summed E-state index contributed by atoms with van der Waals surface area (Å²) in [5, 5.41) is 6.58. The summed E-state index contributed by atoms with van der Waals surface area (Å²) in [6.07, 6.45) is 0. The van der Waals surface area contributed by atoms with E-state index in [-0.39, 0.29) is 42.5 Å². The summed E-state index contributed by atoms with van der Waals surface area (Å²) in [6, 6.07) is 20.3. The molecule has 0 radical (unpaired) electrons. The number of guanidine groups is 1. The van der Waals surface area contributed by atoms with Gasteiger partial charge in [-0.1, -0.05) is 60.7 Å². The van der Waals surface area contributed by atoms with E-state index in [2.05, 4.69) is 34.7 Å². The number of carbonyl (C=O) groups is 1. The number of likely N-dealkylation sites (N-methyl/N-ethyl adjacent to an activating group) is 1. The second-order valence-corrected chi connectivity index (χ2v) is 6.37. The number of rotatable bonds is 8. The lowest BCUT2D eigenvalue weighted by Crippen LogP contribution is -2.40. The van der Waals surface area contributed by atoms with E-state index in [1.54, 1.807) is 0 Å². The van der Waals surface area contributed by atoms with Gasteiger partial charge in [0.2, 0.25) is 5.91 Å². The molecule has 2 N–H and O–H groups in total. The molecule has 0 aromatic heterocycles. The highest BCUT2D eigenvalue weighted by Gasteiger charge is 2.13. The summed E-state index contributed by atoms with van der Waals surface area (Å²) in [4.78, 5) is 18.9. The minimum atomic E-state index is 0. The number of benzene rings is 2. The summed E-state index contributed by atoms with van der Waals surface area (Å²) in [5.41, 5.74) is 2.30. The maximum atomic E-state index is 12.6. The number of aliphatic imine (C=N–C) groups is 1. The van der Waals surface area contributed by atoms with Crippen LogP contribution in [-0.4, -0.2) is 36.4 Å². The fourth-order valence-corrected chi connectivity index (χ4v) is 2.78. The number of halogens is 1. The van der Waals surface area contributed by atoms with E-state index in [0.29, 0.717) is 19.0 Å². The Morgan fingerprint density at radius 2 is 1.64 bits per heavy atom. The first-order valence-corrected chi connectivity index (χ1v) is 9.55. The summed E-state index contributed by atoms with van der Waals surface area (Å²) < 4.78 is 0. The van der Waals surface area contributed by atoms with E-state index in [1.807, 2.05) is 67.3 Å². The molecule has 2 aromatic rings. The van der Waals surface area contributed by atoms with Gasteiger partial charge in [0.15, 0.2) is 5.96 Å². The van der Waals surface area contributed by atoms with Gasteiger partial charge in [-0.2, -0.15) is 0 Å². The van der Waals surface area contributed by atoms with Crippen molar-refractivity contribution in [1.82, 2.24) is 15.5 Å². The molecular weight excluding hydrogens is 463 g/mol. The highest BCUT2D eigenvalue weighted by atomic mass is 127. The van der Waals surface area contributed by atoms with Crippen LogP contribution in [0.1, 0.15) is 37.9 Å². The maximum absolute atomic E-state index is 12.6. The Labute approximate surface area is 185 Å². The standard InChI is InChI=1S/C22H30N4O.HI/c1-4-23-22(25-18(3)20-14-10-7-11-15-20)24-16-21(27)26(5-2)17-19-12-8-6-9-13-19;/h6-15,18H,4-5,16-17H2,1-3H3,(H2,23,24,25);1H. The summed E-state index contributed by atoms with van der Waals surface area (Å²) >= 11 is 0. The van der Waals surface area contributed by atoms with E-state index >= 15 is 0 Å². The van der Waals surface area contributed by atoms with Crippen molar-refractivity contribution in [3.8, 4) is 0 Å². The van der Waals surface area contributed by atoms with E-state index in [4.69, 9.17) is 0 Å². The molecule has 0 saturated carbocycles. The number of hydrogen-bond acceptors (Lipinski definition) is 2. The molecular formula is C22H31IN4O. The van der Waals surface area contributed by atoms with Crippen molar-refractivity contribution in [2.75, 3.05) is 19.6 Å². The summed E-state index contributed by atoms with van der Waals surface area (Å²) in [6.45, 7) is 8.22. The van der Waals surface area contributed by atoms with Crippen LogP contribution in [-0.2, 0) is 11.3 Å². The number of nitrogens with one attached hydrogen (secondary N) is 2. The zero-order valence-corrected chi connectivity index (χ0v) is 19.2. The second kappa shape index (κ2) is 13.1. The average Bonchev–Trinajstić information content (AvgIpc) is 2.71. The molecule has 0 spiro atoms. The minimum Gasteiger partial charge on any atom is -0.357 e. The van der Waals surface area contributed by atoms with Crippen molar-refractivity contribution < 1.29 is 4.79 Å². The van der Waals surface area contributed by atoms with Gasteiger partial charge in [0.25, 0.3) is 0 Å². The van der Waals surface area contributed by atoms with Gasteiger partial charge in [0.1, 0.15) is 6.54 Å². The van der Waals surface area contributed by atoms with Crippen molar-refractivity contribution in [3.05, 3.63) is 71.8 Å². The van der Waals surface area contributed by atoms with Crippen LogP contribution in [0.15, 0.2) is 65.7 Å². The lowest BCUT2D eigenvalue weighted by Gasteiger charge is -2.21. The fraction of sp³-hybridized carbons (Fsp3) is 0.364. The molecule has 0 aliphatic heterocycles. The number of hydrogen-bond donors (Lipinski definition) is 2. The van der Waals surface area contributed by atoms with Gasteiger partial charge < -0.3 is 15.5 Å². The third kappa shape index (κ3) is 7.88. The Kier molecular flexibility index (Phi) is 11.2. The minimum absolute atomic E-state index is 0. The van der Waals surface area contributed by atoms with Crippen LogP contribution in [0.4, 0.5) is 0 Å². The molecule has 0 bridgehead atoms. The van der Waals surface area contributed by atoms with Crippen molar-refractivity contribution in [3.63, 3.8) is 0 Å². The Morgan fingerprint density at radius 3 is 2.21 bits per heavy atom. The summed E-state index contributed by atoms with van der Waals surface area (Å²) in [7, 11) is 0. The molecule has 28 heavy (non-hydrogen) atoms. The number of nitrogens with zero attached hydrogens (tertiary/aromatic N) is 2. The van der Waals surface area contributed by atoms with Gasteiger partial charge in [0.05, 0.1) is 6.04 Å². The van der Waals surface area contributed by atoms with Crippen molar-refractivity contribution in [2.24, 2.45) is 4.99 Å². The SMILES string of the molecule is CCNC(=NCC(=O)N(CC)Cc1ccccc1)NC(C)c1ccccc1.I. The lowest BCUT2D eigenvalue weighted by atomic mass is 10.1. The van der Waals surface area contributed by atoms with Gasteiger partial charge in [-0.3, -0.25) is 4.79 Å². The van der Waals surface area contributed by atoms with Crippen LogP contribution < -0.4 is 10.6 Å². The monoisotopic (exact) mass is 494 g/mol. The quantitative estimate of drug-likeness (QED) is 0.332. The first-order chi connectivity index (χ1) is 13.1. The van der Waals surface area contributed by atoms with E-state index in [1.165, 1.54) is 5.56 Å². The van der Waals surface area contributed by atoms with Crippen LogP contribution in [0.3, 0.4) is 0 Å². The molecule has 0 aliphatic rings. The number of amides is 1. The molecule has 1 atom stereocenters. The largest absolute Gasteiger partial charge is 0.357 e. The van der Waals surface area contributed by atoms with E-state index in [0.717, 1.165) is 12.1 Å². The molecule has 1 amide bonds. The van der Waals surface area contributed by atoms with Crippen molar-refractivity contribution in [2.45, 2.75) is 33.4 Å². The van der Waals surface area contributed by atoms with Gasteiger partial charge in [-0.05, 0) is 31.9 Å². The van der Waals surface area contributed by atoms with Crippen LogP contribution in [0.25, 0.3) is 0 Å². The highest BCUT2D eigenvalue weighted by Crippen LogP contribution is 2.10. The predicted molar refractivity (Wildman–Crippen MR) is 127 cm³/mol. The molecule has 0 saturated heterocycles. The van der Waals surface area contributed by atoms with Crippen LogP contribution in [0, 0.1) is 0 Å². The Balaban J connectivity index is 0.00000392. The number of carbonyl (C=O) groups excluding carboxylic acids is 1. The fourth-order valence-electron chi connectivity index (χ4n) is 2.78. The van der Waals surface area contributed by atoms with Gasteiger partial charge >= 0.3 is 0 Å². The van der Waals surface area contributed by atoms with E-state index < -0.39 is 0 Å². The Bertz CT molecular complexity index is 722. The molecule has 0 fully saturated rings. The topological polar surface area (TPSA) is 56.7 Å². The molecule has 2 aromatic carbocycles.